The first-order chi connectivity index (χ1) is 16.0. The molecule has 0 bridgehead atoms. The monoisotopic (exact) mass is 606 g/mol. The lowest BCUT2D eigenvalue weighted by Crippen LogP contribution is -3.00. The van der Waals surface area contributed by atoms with Crippen LogP contribution in [0.2, 0.25) is 20.1 Å². The summed E-state index contributed by atoms with van der Waals surface area (Å²) >= 11 is 25.0. The van der Waals surface area contributed by atoms with E-state index in [1.54, 1.807) is 12.1 Å². The van der Waals surface area contributed by atoms with Crippen LogP contribution in [-0.4, -0.2) is 4.57 Å². The molecular weight excluding hydrogens is 578 g/mol. The minimum atomic E-state index is -0.267. The van der Waals surface area contributed by atoms with Crippen molar-refractivity contribution in [3.8, 4) is 0 Å². The van der Waals surface area contributed by atoms with Crippen LogP contribution in [0.4, 0.5) is 0 Å². The van der Waals surface area contributed by atoms with Crippen molar-refractivity contribution in [2.75, 3.05) is 0 Å². The molecule has 1 heterocycles. The zero-order chi connectivity index (χ0) is 23.6. The number of nitrogens with zero attached hydrogens (tertiary/aromatic N) is 2. The van der Waals surface area contributed by atoms with E-state index >= 15 is 0 Å². The van der Waals surface area contributed by atoms with Gasteiger partial charge in [-0.3, -0.25) is 0 Å². The number of imidazole rings is 1. The molecule has 3 aromatic rings. The fraction of sp³-hybridized carbons (Fsp3) is 0.423. The SMILES string of the molecule is CCCCCCCCn1cc[n+](CC(OCc2ccc(Cl)cc2Cl)c2ccc(Cl)cc2Cl)c1.[Br-]. The van der Waals surface area contributed by atoms with Crippen molar-refractivity contribution in [1.82, 2.24) is 4.57 Å². The van der Waals surface area contributed by atoms with Crippen LogP contribution in [0.5, 0.6) is 0 Å². The molecule has 1 aromatic heterocycles. The number of unbranched alkanes of at least 4 members (excludes halogenated alkanes) is 5. The second-order valence-electron chi connectivity index (χ2n) is 8.32. The van der Waals surface area contributed by atoms with Gasteiger partial charge in [-0.05, 0) is 42.7 Å². The van der Waals surface area contributed by atoms with Gasteiger partial charge in [0.15, 0.2) is 0 Å². The number of hydrogen-bond acceptors (Lipinski definition) is 1. The number of halogens is 5. The molecule has 0 aliphatic rings. The summed E-state index contributed by atoms with van der Waals surface area (Å²) in [5.74, 6) is 0. The van der Waals surface area contributed by atoms with Gasteiger partial charge in [0.05, 0.1) is 13.2 Å². The highest BCUT2D eigenvalue weighted by Crippen LogP contribution is 2.30. The molecule has 0 aliphatic heterocycles. The number of ether oxygens (including phenoxy) is 1. The van der Waals surface area contributed by atoms with Gasteiger partial charge in [-0.15, -0.1) is 0 Å². The summed E-state index contributed by atoms with van der Waals surface area (Å²) in [4.78, 5) is 0. The van der Waals surface area contributed by atoms with E-state index in [0.29, 0.717) is 33.2 Å². The van der Waals surface area contributed by atoms with E-state index in [1.807, 2.05) is 24.3 Å². The van der Waals surface area contributed by atoms with E-state index in [9.17, 15) is 0 Å². The highest BCUT2D eigenvalue weighted by Gasteiger charge is 2.20. The van der Waals surface area contributed by atoms with Crippen LogP contribution < -0.4 is 21.5 Å². The first-order valence-electron chi connectivity index (χ1n) is 11.5. The van der Waals surface area contributed by atoms with Gasteiger partial charge >= 0.3 is 0 Å². The highest BCUT2D eigenvalue weighted by atomic mass is 79.9. The molecule has 0 fully saturated rings. The molecule has 0 spiro atoms. The average molecular weight is 609 g/mol. The van der Waals surface area contributed by atoms with Crippen molar-refractivity contribution in [3.63, 3.8) is 0 Å². The predicted molar refractivity (Wildman–Crippen MR) is 138 cm³/mol. The number of benzene rings is 2. The Kier molecular flexibility index (Phi) is 13.3. The Morgan fingerprint density at radius 1 is 0.882 bits per heavy atom. The van der Waals surface area contributed by atoms with Crippen molar-refractivity contribution in [2.45, 2.75) is 71.2 Å². The Hall–Kier alpha value is -0.750. The molecule has 3 nitrogen and oxygen atoms in total. The van der Waals surface area contributed by atoms with Gasteiger partial charge in [-0.2, -0.15) is 0 Å². The maximum absolute atomic E-state index is 6.53. The van der Waals surface area contributed by atoms with Crippen LogP contribution in [0.15, 0.2) is 55.1 Å². The summed E-state index contributed by atoms with van der Waals surface area (Å²) in [6.07, 6.45) is 13.8. The Morgan fingerprint density at radius 2 is 1.56 bits per heavy atom. The molecule has 0 saturated carbocycles. The van der Waals surface area contributed by atoms with E-state index in [4.69, 9.17) is 51.1 Å². The van der Waals surface area contributed by atoms with Crippen molar-refractivity contribution in [2.24, 2.45) is 0 Å². The molecule has 3 rings (SSSR count). The lowest BCUT2D eigenvalue weighted by Gasteiger charge is -2.19. The number of aryl methyl sites for hydroxylation is 1. The van der Waals surface area contributed by atoms with Gasteiger partial charge in [0.25, 0.3) is 0 Å². The molecule has 8 heteroatoms. The Bertz CT molecular complexity index is 1030. The quantitative estimate of drug-likeness (QED) is 0.180. The maximum Gasteiger partial charge on any atom is 0.243 e. The molecule has 0 aliphatic carbocycles. The summed E-state index contributed by atoms with van der Waals surface area (Å²) in [6, 6.07) is 10.9. The van der Waals surface area contributed by atoms with E-state index < -0.39 is 0 Å². The zero-order valence-corrected chi connectivity index (χ0v) is 23.9. The minimum Gasteiger partial charge on any atom is -1.00 e. The fourth-order valence-electron chi connectivity index (χ4n) is 3.78. The van der Waals surface area contributed by atoms with Gasteiger partial charge in [-0.25, -0.2) is 9.13 Å². The highest BCUT2D eigenvalue weighted by molar-refractivity contribution is 6.35. The van der Waals surface area contributed by atoms with Crippen LogP contribution in [0, 0.1) is 0 Å². The second-order valence-corrected chi connectivity index (χ2v) is 10.0. The summed E-state index contributed by atoms with van der Waals surface area (Å²) in [5, 5.41) is 2.37. The first kappa shape index (κ1) is 29.5. The molecule has 1 unspecified atom stereocenters. The molecule has 2 aromatic carbocycles. The topological polar surface area (TPSA) is 18.0 Å². The molecule has 0 amide bonds. The lowest BCUT2D eigenvalue weighted by atomic mass is 10.1. The molecule has 0 radical (unpaired) electrons. The summed E-state index contributed by atoms with van der Waals surface area (Å²) in [5.41, 5.74) is 1.77. The third kappa shape index (κ3) is 9.37. The van der Waals surface area contributed by atoms with E-state index in [-0.39, 0.29) is 23.1 Å². The molecule has 0 N–H and O–H groups in total. The third-order valence-corrected chi connectivity index (χ3v) is 6.81. The summed E-state index contributed by atoms with van der Waals surface area (Å²) in [6.45, 7) is 4.23. The van der Waals surface area contributed by atoms with Crippen molar-refractivity contribution in [1.29, 1.82) is 0 Å². The van der Waals surface area contributed by atoms with E-state index in [2.05, 4.69) is 34.8 Å². The normalized spacial score (nSPS) is 11.9. The van der Waals surface area contributed by atoms with Crippen LogP contribution >= 0.6 is 46.4 Å². The molecule has 34 heavy (non-hydrogen) atoms. The lowest BCUT2D eigenvalue weighted by molar-refractivity contribution is -0.704. The summed E-state index contributed by atoms with van der Waals surface area (Å²) in [7, 11) is 0. The molecule has 186 valence electrons. The molecule has 1 atom stereocenters. The smallest absolute Gasteiger partial charge is 0.243 e. The van der Waals surface area contributed by atoms with Crippen LogP contribution in [0.25, 0.3) is 0 Å². The Labute approximate surface area is 233 Å². The Balaban J connectivity index is 0.00000408. The van der Waals surface area contributed by atoms with Crippen molar-refractivity contribution < 1.29 is 26.3 Å². The number of hydrogen-bond donors (Lipinski definition) is 0. The van der Waals surface area contributed by atoms with Crippen LogP contribution in [0.3, 0.4) is 0 Å². The molecule has 0 saturated heterocycles. The van der Waals surface area contributed by atoms with Crippen LogP contribution in [-0.2, 0) is 24.4 Å². The standard InChI is InChI=1S/C26H31Cl4N2O.BrH/c1-2-3-4-5-6-7-12-31-13-14-32(19-31)17-26(23-11-10-22(28)16-25(23)30)33-18-20-8-9-21(27)15-24(20)29;/h8-11,13-16,19,26H,2-7,12,17-18H2,1H3;1H/q+1;/p-1. The summed E-state index contributed by atoms with van der Waals surface area (Å²) < 4.78 is 10.7. The number of aromatic nitrogens is 2. The fourth-order valence-corrected chi connectivity index (χ4v) is 4.77. The Morgan fingerprint density at radius 3 is 2.26 bits per heavy atom. The van der Waals surface area contributed by atoms with E-state index in [0.717, 1.165) is 17.7 Å². The largest absolute Gasteiger partial charge is 1.00 e. The van der Waals surface area contributed by atoms with Gasteiger partial charge in [0, 0.05) is 25.7 Å². The van der Waals surface area contributed by atoms with Gasteiger partial charge in [0.2, 0.25) is 6.33 Å². The number of rotatable bonds is 13. The second kappa shape index (κ2) is 15.4. The van der Waals surface area contributed by atoms with Gasteiger partial charge in [-0.1, -0.05) is 91.1 Å². The van der Waals surface area contributed by atoms with Crippen molar-refractivity contribution >= 4 is 46.4 Å². The first-order valence-corrected chi connectivity index (χ1v) is 13.0. The van der Waals surface area contributed by atoms with E-state index in [1.165, 1.54) is 38.5 Å². The third-order valence-electron chi connectivity index (χ3n) is 5.66. The maximum atomic E-state index is 6.53. The predicted octanol–water partition coefficient (Wildman–Crippen LogP) is 5.71. The average Bonchev–Trinajstić information content (AvgIpc) is 3.22. The van der Waals surface area contributed by atoms with Crippen molar-refractivity contribution in [3.05, 3.63) is 86.3 Å². The minimum absolute atomic E-state index is 0. The van der Waals surface area contributed by atoms with Crippen LogP contribution in [0.1, 0.15) is 62.7 Å². The molecular formula is C26H31BrCl4N2O. The van der Waals surface area contributed by atoms with Gasteiger partial charge < -0.3 is 21.7 Å². The zero-order valence-electron chi connectivity index (χ0n) is 19.3. The van der Waals surface area contributed by atoms with Gasteiger partial charge in [0.1, 0.15) is 25.0 Å².